The smallest absolute Gasteiger partial charge is 0.228 e. The predicted octanol–water partition coefficient (Wildman–Crippen LogP) is 2.22. The zero-order valence-electron chi connectivity index (χ0n) is 16.5. The standard InChI is InChI=1S/C21H30N4O2/c1-23-18(26)11-16(20(23)17-4-5-22-25(17)3)21(27)24(2)19-14-7-12-6-13(9-14)10-15(19)8-12/h4-5,12-16,19-20H,6-11H2,1-3H3. The van der Waals surface area contributed by atoms with Gasteiger partial charge < -0.3 is 9.80 Å². The van der Waals surface area contributed by atoms with Crippen molar-refractivity contribution in [3.8, 4) is 0 Å². The first kappa shape index (κ1) is 17.3. The summed E-state index contributed by atoms with van der Waals surface area (Å²) < 4.78 is 1.79. The Labute approximate surface area is 160 Å². The molecule has 27 heavy (non-hydrogen) atoms. The lowest BCUT2D eigenvalue weighted by Gasteiger charge is -2.56. The van der Waals surface area contributed by atoms with Crippen LogP contribution in [-0.2, 0) is 16.6 Å². The molecule has 1 aromatic heterocycles. The zero-order chi connectivity index (χ0) is 18.9. The number of nitrogens with zero attached hydrogens (tertiary/aromatic N) is 4. The number of aryl methyl sites for hydroxylation is 1. The molecule has 4 saturated carbocycles. The van der Waals surface area contributed by atoms with Crippen molar-refractivity contribution in [2.75, 3.05) is 14.1 Å². The lowest BCUT2D eigenvalue weighted by Crippen LogP contribution is -2.57. The Morgan fingerprint density at radius 2 is 1.74 bits per heavy atom. The van der Waals surface area contributed by atoms with E-state index in [0.29, 0.717) is 24.3 Å². The van der Waals surface area contributed by atoms with Crippen molar-refractivity contribution in [2.24, 2.45) is 36.6 Å². The average molecular weight is 370 g/mol. The van der Waals surface area contributed by atoms with Crippen LogP contribution in [0.15, 0.2) is 12.3 Å². The van der Waals surface area contributed by atoms with E-state index in [1.165, 1.54) is 32.1 Å². The van der Waals surface area contributed by atoms with Gasteiger partial charge in [-0.15, -0.1) is 0 Å². The van der Waals surface area contributed by atoms with Crippen molar-refractivity contribution < 1.29 is 9.59 Å². The van der Waals surface area contributed by atoms with Crippen LogP contribution < -0.4 is 0 Å². The third-order valence-electron chi connectivity index (χ3n) is 8.04. The molecule has 0 radical (unpaired) electrons. The minimum absolute atomic E-state index is 0.0537. The summed E-state index contributed by atoms with van der Waals surface area (Å²) in [5.41, 5.74) is 0.945. The molecule has 4 bridgehead atoms. The van der Waals surface area contributed by atoms with Crippen LogP contribution in [0.1, 0.15) is 50.3 Å². The molecule has 0 spiro atoms. The normalized spacial score (nSPS) is 40.0. The summed E-state index contributed by atoms with van der Waals surface area (Å²) in [7, 11) is 5.70. The first-order valence-electron chi connectivity index (χ1n) is 10.4. The minimum atomic E-state index is -0.305. The molecule has 2 amide bonds. The second-order valence-electron chi connectivity index (χ2n) is 9.51. The Bertz CT molecular complexity index is 744. The van der Waals surface area contributed by atoms with Crippen LogP contribution in [0.2, 0.25) is 0 Å². The Balaban J connectivity index is 1.41. The van der Waals surface area contributed by atoms with Gasteiger partial charge in [-0.25, -0.2) is 0 Å². The number of likely N-dealkylation sites (tertiary alicyclic amines) is 1. The summed E-state index contributed by atoms with van der Waals surface area (Å²) in [5, 5.41) is 4.26. The maximum Gasteiger partial charge on any atom is 0.228 e. The highest BCUT2D eigenvalue weighted by molar-refractivity contribution is 5.90. The monoisotopic (exact) mass is 370 g/mol. The molecule has 2 atom stereocenters. The van der Waals surface area contributed by atoms with Gasteiger partial charge in [-0.3, -0.25) is 14.3 Å². The molecular formula is C21H30N4O2. The minimum Gasteiger partial charge on any atom is -0.342 e. The van der Waals surface area contributed by atoms with Crippen LogP contribution in [0.3, 0.4) is 0 Å². The molecule has 6 nitrogen and oxygen atoms in total. The topological polar surface area (TPSA) is 58.4 Å². The SMILES string of the molecule is CN1C(=O)CC(C(=O)N(C)C2C3CC4CC(C3)CC2C4)C1c1ccnn1C. The summed E-state index contributed by atoms with van der Waals surface area (Å²) in [6.07, 6.45) is 8.65. The molecule has 0 N–H and O–H groups in total. The van der Waals surface area contributed by atoms with Crippen molar-refractivity contribution in [3.05, 3.63) is 18.0 Å². The Morgan fingerprint density at radius 3 is 2.30 bits per heavy atom. The van der Waals surface area contributed by atoms with Gasteiger partial charge in [-0.2, -0.15) is 5.10 Å². The average Bonchev–Trinajstić information content (AvgIpc) is 3.16. The van der Waals surface area contributed by atoms with Crippen LogP contribution in [0.25, 0.3) is 0 Å². The maximum atomic E-state index is 13.6. The van der Waals surface area contributed by atoms with E-state index in [9.17, 15) is 9.59 Å². The fourth-order valence-corrected chi connectivity index (χ4v) is 7.11. The van der Waals surface area contributed by atoms with Crippen molar-refractivity contribution in [3.63, 3.8) is 0 Å². The number of amides is 2. The van der Waals surface area contributed by atoms with Crippen molar-refractivity contribution in [1.29, 1.82) is 0 Å². The van der Waals surface area contributed by atoms with E-state index in [1.807, 2.05) is 32.1 Å². The van der Waals surface area contributed by atoms with Gasteiger partial charge in [0, 0.05) is 39.8 Å². The van der Waals surface area contributed by atoms with E-state index in [0.717, 1.165) is 17.5 Å². The molecule has 2 unspecified atom stereocenters. The number of carbonyl (C=O) groups is 2. The number of aromatic nitrogens is 2. The van der Waals surface area contributed by atoms with E-state index >= 15 is 0 Å². The largest absolute Gasteiger partial charge is 0.342 e. The highest BCUT2D eigenvalue weighted by Gasteiger charge is 2.52. The van der Waals surface area contributed by atoms with Gasteiger partial charge in [0.25, 0.3) is 0 Å². The lowest BCUT2D eigenvalue weighted by atomic mass is 9.54. The van der Waals surface area contributed by atoms with Gasteiger partial charge >= 0.3 is 0 Å². The molecule has 5 fully saturated rings. The van der Waals surface area contributed by atoms with E-state index in [-0.39, 0.29) is 23.8 Å². The third kappa shape index (κ3) is 2.55. The molecule has 146 valence electrons. The van der Waals surface area contributed by atoms with Gasteiger partial charge in [0.2, 0.25) is 11.8 Å². The third-order valence-corrected chi connectivity index (χ3v) is 8.04. The number of hydrogen-bond acceptors (Lipinski definition) is 3. The van der Waals surface area contributed by atoms with Crippen LogP contribution in [0.4, 0.5) is 0 Å². The summed E-state index contributed by atoms with van der Waals surface area (Å²) in [6.45, 7) is 0. The molecule has 1 aromatic rings. The van der Waals surface area contributed by atoms with Gasteiger partial charge in [-0.1, -0.05) is 0 Å². The molecule has 0 aromatic carbocycles. The molecule has 1 aliphatic heterocycles. The van der Waals surface area contributed by atoms with E-state index in [2.05, 4.69) is 5.10 Å². The highest BCUT2D eigenvalue weighted by Crippen LogP contribution is 2.55. The first-order valence-corrected chi connectivity index (χ1v) is 10.4. The zero-order valence-corrected chi connectivity index (χ0v) is 16.5. The van der Waals surface area contributed by atoms with Crippen molar-refractivity contribution in [2.45, 2.75) is 50.6 Å². The summed E-state index contributed by atoms with van der Waals surface area (Å²) in [5.74, 6) is 3.03. The number of rotatable bonds is 3. The molecule has 1 saturated heterocycles. The Hall–Kier alpha value is -1.85. The molecule has 5 aliphatic rings. The Kier molecular flexibility index (Phi) is 3.89. The summed E-state index contributed by atoms with van der Waals surface area (Å²) in [4.78, 5) is 29.9. The second-order valence-corrected chi connectivity index (χ2v) is 9.51. The predicted molar refractivity (Wildman–Crippen MR) is 100 cm³/mol. The second kappa shape index (κ2) is 6.08. The summed E-state index contributed by atoms with van der Waals surface area (Å²) in [6, 6.07) is 2.10. The van der Waals surface area contributed by atoms with Crippen LogP contribution in [-0.4, -0.2) is 51.5 Å². The number of carbonyl (C=O) groups excluding carboxylic acids is 2. The van der Waals surface area contributed by atoms with Crippen LogP contribution in [0, 0.1) is 29.6 Å². The van der Waals surface area contributed by atoms with Crippen molar-refractivity contribution >= 4 is 11.8 Å². The van der Waals surface area contributed by atoms with E-state index in [1.54, 1.807) is 15.8 Å². The molecule has 6 heteroatoms. The molecule has 4 aliphatic carbocycles. The molecular weight excluding hydrogens is 340 g/mol. The van der Waals surface area contributed by atoms with E-state index < -0.39 is 0 Å². The maximum absolute atomic E-state index is 13.6. The van der Waals surface area contributed by atoms with Crippen LogP contribution in [0.5, 0.6) is 0 Å². The van der Waals surface area contributed by atoms with Gasteiger partial charge in [0.05, 0.1) is 17.7 Å². The highest BCUT2D eigenvalue weighted by atomic mass is 16.2. The Morgan fingerprint density at radius 1 is 1.11 bits per heavy atom. The molecule has 6 rings (SSSR count). The lowest BCUT2D eigenvalue weighted by molar-refractivity contribution is -0.146. The van der Waals surface area contributed by atoms with E-state index in [4.69, 9.17) is 0 Å². The van der Waals surface area contributed by atoms with Crippen LogP contribution >= 0.6 is 0 Å². The summed E-state index contributed by atoms with van der Waals surface area (Å²) >= 11 is 0. The van der Waals surface area contributed by atoms with Gasteiger partial charge in [0.15, 0.2) is 0 Å². The first-order chi connectivity index (χ1) is 12.9. The van der Waals surface area contributed by atoms with Gasteiger partial charge in [-0.05, 0) is 61.8 Å². The fraction of sp³-hybridized carbons (Fsp3) is 0.762. The fourth-order valence-electron chi connectivity index (χ4n) is 7.11. The number of hydrogen-bond donors (Lipinski definition) is 0. The quantitative estimate of drug-likeness (QED) is 0.820. The van der Waals surface area contributed by atoms with Gasteiger partial charge in [0.1, 0.15) is 0 Å². The molecule has 2 heterocycles. The van der Waals surface area contributed by atoms with Crippen molar-refractivity contribution in [1.82, 2.24) is 19.6 Å².